The smallest absolute Gasteiger partial charge is 0.0671 e. The average molecular weight is 266 g/mol. The van der Waals surface area contributed by atoms with Gasteiger partial charge in [-0.25, -0.2) is 0 Å². The number of nitrogen functional groups attached to an aromatic ring is 2. The normalized spacial score (nSPS) is 12.5. The van der Waals surface area contributed by atoms with Crippen LogP contribution < -0.4 is 11.5 Å². The lowest BCUT2D eigenvalue weighted by Gasteiger charge is -2.01. The third kappa shape index (κ3) is 3.45. The summed E-state index contributed by atoms with van der Waals surface area (Å²) in [5.41, 5.74) is 16.5. The molecule has 0 fully saturated rings. The molecule has 0 saturated heterocycles. The van der Waals surface area contributed by atoms with E-state index in [1.54, 1.807) is 0 Å². The molecule has 0 aliphatic carbocycles. The second kappa shape index (κ2) is 6.02. The summed E-state index contributed by atoms with van der Waals surface area (Å²) in [6.45, 7) is 3.84. The van der Waals surface area contributed by atoms with Crippen molar-refractivity contribution in [2.45, 2.75) is 13.8 Å². The molecule has 0 saturated carbocycles. The predicted octanol–water partition coefficient (Wildman–Crippen LogP) is 3.08. The molecule has 0 radical (unpaired) electrons. The van der Waals surface area contributed by atoms with Crippen molar-refractivity contribution in [3.63, 3.8) is 0 Å². The van der Waals surface area contributed by atoms with Crippen molar-refractivity contribution in [1.82, 2.24) is 0 Å². The molecule has 4 nitrogen and oxygen atoms in total. The van der Waals surface area contributed by atoms with E-state index in [0.29, 0.717) is 0 Å². The lowest BCUT2D eigenvalue weighted by atomic mass is 10.1. The summed E-state index contributed by atoms with van der Waals surface area (Å²) in [4.78, 5) is 0. The van der Waals surface area contributed by atoms with Crippen LogP contribution >= 0.6 is 0 Å². The SMILES string of the molecule is C/C(=N/N=C(\C)c1ccc(N)cc1)c1ccc(N)cc1. The van der Waals surface area contributed by atoms with Gasteiger partial charge in [-0.2, -0.15) is 10.2 Å². The first-order chi connectivity index (χ1) is 9.56. The first kappa shape index (κ1) is 13.8. The molecule has 0 amide bonds. The van der Waals surface area contributed by atoms with Crippen LogP contribution in [0.25, 0.3) is 0 Å². The van der Waals surface area contributed by atoms with Gasteiger partial charge in [0.2, 0.25) is 0 Å². The van der Waals surface area contributed by atoms with E-state index < -0.39 is 0 Å². The fourth-order valence-corrected chi connectivity index (χ4v) is 1.71. The van der Waals surface area contributed by atoms with Gasteiger partial charge in [-0.3, -0.25) is 0 Å². The number of nitrogens with two attached hydrogens (primary N) is 2. The van der Waals surface area contributed by atoms with Crippen molar-refractivity contribution in [2.75, 3.05) is 11.5 Å². The minimum atomic E-state index is 0.739. The maximum absolute atomic E-state index is 5.66. The second-order valence-corrected chi connectivity index (χ2v) is 4.61. The third-order valence-electron chi connectivity index (χ3n) is 3.01. The maximum Gasteiger partial charge on any atom is 0.0671 e. The molecule has 2 aromatic carbocycles. The molecule has 0 bridgehead atoms. The van der Waals surface area contributed by atoms with E-state index in [1.807, 2.05) is 62.4 Å². The zero-order valence-corrected chi connectivity index (χ0v) is 11.7. The van der Waals surface area contributed by atoms with E-state index in [2.05, 4.69) is 10.2 Å². The summed E-state index contributed by atoms with van der Waals surface area (Å²) < 4.78 is 0. The van der Waals surface area contributed by atoms with Crippen molar-refractivity contribution in [2.24, 2.45) is 10.2 Å². The van der Waals surface area contributed by atoms with Gasteiger partial charge >= 0.3 is 0 Å². The third-order valence-corrected chi connectivity index (χ3v) is 3.01. The van der Waals surface area contributed by atoms with Gasteiger partial charge in [0.1, 0.15) is 0 Å². The molecular weight excluding hydrogens is 248 g/mol. The van der Waals surface area contributed by atoms with Gasteiger partial charge in [0, 0.05) is 11.4 Å². The van der Waals surface area contributed by atoms with Crippen molar-refractivity contribution < 1.29 is 0 Å². The van der Waals surface area contributed by atoms with Gasteiger partial charge in [0.25, 0.3) is 0 Å². The first-order valence-electron chi connectivity index (χ1n) is 6.37. The van der Waals surface area contributed by atoms with Crippen LogP contribution in [-0.4, -0.2) is 11.4 Å². The Hall–Kier alpha value is -2.62. The number of nitrogens with zero attached hydrogens (tertiary/aromatic N) is 2. The van der Waals surface area contributed by atoms with E-state index in [1.165, 1.54) is 0 Å². The zero-order valence-electron chi connectivity index (χ0n) is 11.7. The summed E-state index contributed by atoms with van der Waals surface area (Å²) in [5.74, 6) is 0. The van der Waals surface area contributed by atoms with E-state index in [9.17, 15) is 0 Å². The highest BCUT2D eigenvalue weighted by Gasteiger charge is 1.99. The van der Waals surface area contributed by atoms with Crippen LogP contribution in [-0.2, 0) is 0 Å². The van der Waals surface area contributed by atoms with Gasteiger partial charge < -0.3 is 11.5 Å². The Morgan fingerprint density at radius 2 is 0.950 bits per heavy atom. The summed E-state index contributed by atoms with van der Waals surface area (Å²) in [7, 11) is 0. The monoisotopic (exact) mass is 266 g/mol. The van der Waals surface area contributed by atoms with Crippen molar-refractivity contribution in [3.05, 3.63) is 59.7 Å². The highest BCUT2D eigenvalue weighted by Crippen LogP contribution is 2.09. The number of hydrogen-bond acceptors (Lipinski definition) is 4. The summed E-state index contributed by atoms with van der Waals surface area (Å²) in [6, 6.07) is 15.1. The molecule has 0 aliphatic heterocycles. The lowest BCUT2D eigenvalue weighted by molar-refractivity contribution is 1.22. The molecule has 0 spiro atoms. The van der Waals surface area contributed by atoms with Crippen LogP contribution in [0.5, 0.6) is 0 Å². The number of hydrogen-bond donors (Lipinski definition) is 2. The molecule has 0 atom stereocenters. The Balaban J connectivity index is 2.19. The predicted molar refractivity (Wildman–Crippen MR) is 86.1 cm³/mol. The second-order valence-electron chi connectivity index (χ2n) is 4.61. The van der Waals surface area contributed by atoms with E-state index in [-0.39, 0.29) is 0 Å². The largest absolute Gasteiger partial charge is 0.399 e. The van der Waals surface area contributed by atoms with Crippen LogP contribution in [0, 0.1) is 0 Å². The molecule has 0 aliphatic rings. The van der Waals surface area contributed by atoms with Gasteiger partial charge in [-0.15, -0.1) is 0 Å². The number of anilines is 2. The van der Waals surface area contributed by atoms with Crippen LogP contribution in [0.15, 0.2) is 58.7 Å². The Morgan fingerprint density at radius 3 is 1.25 bits per heavy atom. The Bertz CT molecular complexity index is 578. The van der Waals surface area contributed by atoms with Crippen LogP contribution in [0.2, 0.25) is 0 Å². The van der Waals surface area contributed by atoms with Crippen molar-refractivity contribution >= 4 is 22.8 Å². The standard InChI is InChI=1S/C16H18N4/c1-11(13-3-7-15(17)8-4-13)19-20-12(2)14-5-9-16(18)10-6-14/h3-10H,17-18H2,1-2H3/b19-11-,20-12+. The highest BCUT2D eigenvalue weighted by atomic mass is 15.2. The van der Waals surface area contributed by atoms with E-state index in [0.717, 1.165) is 33.9 Å². The Morgan fingerprint density at radius 1 is 0.650 bits per heavy atom. The molecule has 4 N–H and O–H groups in total. The minimum absolute atomic E-state index is 0.739. The topological polar surface area (TPSA) is 76.8 Å². The molecule has 4 heteroatoms. The summed E-state index contributed by atoms with van der Waals surface area (Å²) in [6.07, 6.45) is 0. The first-order valence-corrected chi connectivity index (χ1v) is 6.37. The molecule has 0 aromatic heterocycles. The Kier molecular flexibility index (Phi) is 4.15. The van der Waals surface area contributed by atoms with Gasteiger partial charge in [0.05, 0.1) is 11.4 Å². The summed E-state index contributed by atoms with van der Waals surface area (Å²) in [5, 5.41) is 8.51. The number of rotatable bonds is 3. The Labute approximate surface area is 118 Å². The molecule has 2 rings (SSSR count). The molecule has 102 valence electrons. The van der Waals surface area contributed by atoms with E-state index in [4.69, 9.17) is 11.5 Å². The molecular formula is C16H18N4. The van der Waals surface area contributed by atoms with Crippen molar-refractivity contribution in [1.29, 1.82) is 0 Å². The van der Waals surface area contributed by atoms with Crippen molar-refractivity contribution in [3.8, 4) is 0 Å². The highest BCUT2D eigenvalue weighted by molar-refractivity contribution is 6.01. The molecule has 20 heavy (non-hydrogen) atoms. The number of benzene rings is 2. The fourth-order valence-electron chi connectivity index (χ4n) is 1.71. The van der Waals surface area contributed by atoms with Gasteiger partial charge in [-0.05, 0) is 49.2 Å². The van der Waals surface area contributed by atoms with E-state index >= 15 is 0 Å². The molecule has 0 heterocycles. The maximum atomic E-state index is 5.66. The fraction of sp³-hybridized carbons (Fsp3) is 0.125. The zero-order chi connectivity index (χ0) is 14.5. The molecule has 2 aromatic rings. The van der Waals surface area contributed by atoms with Crippen LogP contribution in [0.4, 0.5) is 11.4 Å². The van der Waals surface area contributed by atoms with Gasteiger partial charge in [-0.1, -0.05) is 24.3 Å². The minimum Gasteiger partial charge on any atom is -0.399 e. The van der Waals surface area contributed by atoms with Crippen LogP contribution in [0.3, 0.4) is 0 Å². The van der Waals surface area contributed by atoms with Gasteiger partial charge in [0.15, 0.2) is 0 Å². The quantitative estimate of drug-likeness (QED) is 0.509. The molecule has 0 unspecified atom stereocenters. The average Bonchev–Trinajstić information content (AvgIpc) is 2.46. The lowest BCUT2D eigenvalue weighted by Crippen LogP contribution is -1.97. The summed E-state index contributed by atoms with van der Waals surface area (Å²) >= 11 is 0. The van der Waals surface area contributed by atoms with Crippen LogP contribution in [0.1, 0.15) is 25.0 Å².